The van der Waals surface area contributed by atoms with E-state index in [2.05, 4.69) is 22.3 Å². The fraction of sp³-hybridized carbons (Fsp3) is 0.467. The molecule has 1 aliphatic rings. The van der Waals surface area contributed by atoms with Gasteiger partial charge in [-0.3, -0.25) is 0 Å². The summed E-state index contributed by atoms with van der Waals surface area (Å²) in [4.78, 5) is 4.47. The van der Waals surface area contributed by atoms with Crippen molar-refractivity contribution in [2.75, 3.05) is 13.2 Å². The minimum absolute atomic E-state index is 0.204. The Labute approximate surface area is 118 Å². The first-order valence-corrected chi connectivity index (χ1v) is 6.90. The number of ether oxygens (including phenoxy) is 1. The fourth-order valence-electron chi connectivity index (χ4n) is 2.47. The minimum Gasteiger partial charge on any atom is -0.379 e. The molecule has 2 N–H and O–H groups in total. The Bertz CT molecular complexity index is 607. The number of hydrogen-bond acceptors (Lipinski definition) is 5. The molecule has 1 heterocycles. The van der Waals surface area contributed by atoms with Crippen molar-refractivity contribution in [2.45, 2.75) is 31.7 Å². The van der Waals surface area contributed by atoms with Gasteiger partial charge in [0.2, 0.25) is 5.89 Å². The van der Waals surface area contributed by atoms with Crippen molar-refractivity contribution < 1.29 is 9.26 Å². The quantitative estimate of drug-likeness (QED) is 0.901. The zero-order valence-corrected chi connectivity index (χ0v) is 11.8. The van der Waals surface area contributed by atoms with E-state index < -0.39 is 5.54 Å². The Kier molecular flexibility index (Phi) is 3.31. The van der Waals surface area contributed by atoms with E-state index in [4.69, 9.17) is 15.0 Å². The summed E-state index contributed by atoms with van der Waals surface area (Å²) < 4.78 is 10.8. The highest BCUT2D eigenvalue weighted by atomic mass is 16.5. The number of benzene rings is 1. The molecule has 2 atom stereocenters. The van der Waals surface area contributed by atoms with E-state index in [9.17, 15) is 0 Å². The second kappa shape index (κ2) is 5.00. The van der Waals surface area contributed by atoms with Crippen molar-refractivity contribution in [2.24, 2.45) is 5.73 Å². The van der Waals surface area contributed by atoms with Gasteiger partial charge in [0.25, 0.3) is 0 Å². The van der Waals surface area contributed by atoms with Crippen LogP contribution >= 0.6 is 0 Å². The summed E-state index contributed by atoms with van der Waals surface area (Å²) in [6, 6.07) is 8.32. The molecular weight excluding hydrogens is 254 g/mol. The summed E-state index contributed by atoms with van der Waals surface area (Å²) in [7, 11) is 0. The van der Waals surface area contributed by atoms with Gasteiger partial charge in [-0.25, -0.2) is 0 Å². The first-order valence-electron chi connectivity index (χ1n) is 6.90. The van der Waals surface area contributed by atoms with Gasteiger partial charge >= 0.3 is 0 Å². The van der Waals surface area contributed by atoms with E-state index in [1.807, 2.05) is 26.0 Å². The van der Waals surface area contributed by atoms with Crippen LogP contribution in [0, 0.1) is 0 Å². The molecule has 5 heteroatoms. The maximum absolute atomic E-state index is 6.18. The summed E-state index contributed by atoms with van der Waals surface area (Å²) >= 11 is 0. The van der Waals surface area contributed by atoms with Gasteiger partial charge in [0.15, 0.2) is 5.82 Å². The smallest absolute Gasteiger partial charge is 0.234 e. The molecule has 5 nitrogen and oxygen atoms in total. The monoisotopic (exact) mass is 273 g/mol. The van der Waals surface area contributed by atoms with Gasteiger partial charge in [-0.2, -0.15) is 4.98 Å². The standard InChI is InChI=1S/C15H19N3O2/c1-3-19-9-15(2,16)14-17-13(20-18-14)12-8-10-6-4-5-7-11(10)12/h4-7,12H,3,8-9,16H2,1-2H3. The van der Waals surface area contributed by atoms with Crippen molar-refractivity contribution in [3.05, 3.63) is 47.1 Å². The molecule has 0 amide bonds. The second-order valence-electron chi connectivity index (χ2n) is 5.47. The van der Waals surface area contributed by atoms with E-state index in [1.54, 1.807) is 0 Å². The van der Waals surface area contributed by atoms with Crippen LogP contribution in [0.25, 0.3) is 0 Å². The molecule has 2 unspecified atom stereocenters. The minimum atomic E-state index is -0.721. The van der Waals surface area contributed by atoms with Crippen molar-refractivity contribution >= 4 is 0 Å². The molecule has 2 aromatic rings. The van der Waals surface area contributed by atoms with Crippen molar-refractivity contribution in [3.63, 3.8) is 0 Å². The van der Waals surface area contributed by atoms with Crippen LogP contribution in [-0.2, 0) is 16.7 Å². The Balaban J connectivity index is 1.79. The lowest BCUT2D eigenvalue weighted by atomic mass is 9.77. The topological polar surface area (TPSA) is 74.2 Å². The maximum Gasteiger partial charge on any atom is 0.234 e. The van der Waals surface area contributed by atoms with Gasteiger partial charge in [0, 0.05) is 6.61 Å². The van der Waals surface area contributed by atoms with E-state index in [0.29, 0.717) is 24.9 Å². The third kappa shape index (κ3) is 2.23. The van der Waals surface area contributed by atoms with Gasteiger partial charge < -0.3 is 15.0 Å². The van der Waals surface area contributed by atoms with Crippen LogP contribution in [0.2, 0.25) is 0 Å². The molecule has 0 spiro atoms. The maximum atomic E-state index is 6.18. The molecule has 0 radical (unpaired) electrons. The van der Waals surface area contributed by atoms with Gasteiger partial charge in [-0.15, -0.1) is 0 Å². The normalized spacial score (nSPS) is 20.1. The third-order valence-corrected chi connectivity index (χ3v) is 3.71. The average Bonchev–Trinajstić information content (AvgIpc) is 2.88. The van der Waals surface area contributed by atoms with Crippen LogP contribution in [0.3, 0.4) is 0 Å². The van der Waals surface area contributed by atoms with Gasteiger partial charge in [-0.1, -0.05) is 29.4 Å². The molecule has 106 valence electrons. The molecule has 0 fully saturated rings. The summed E-state index contributed by atoms with van der Waals surface area (Å²) in [6.45, 7) is 4.78. The van der Waals surface area contributed by atoms with E-state index in [-0.39, 0.29) is 5.92 Å². The molecule has 0 saturated carbocycles. The van der Waals surface area contributed by atoms with Crippen LogP contribution < -0.4 is 5.73 Å². The highest BCUT2D eigenvalue weighted by Crippen LogP contribution is 2.39. The molecule has 0 bridgehead atoms. The van der Waals surface area contributed by atoms with Crippen LogP contribution in [0.5, 0.6) is 0 Å². The highest BCUT2D eigenvalue weighted by molar-refractivity contribution is 5.43. The van der Waals surface area contributed by atoms with E-state index in [1.165, 1.54) is 11.1 Å². The zero-order chi connectivity index (χ0) is 14.2. The van der Waals surface area contributed by atoms with Crippen LogP contribution in [0.1, 0.15) is 42.6 Å². The Morgan fingerprint density at radius 1 is 1.45 bits per heavy atom. The average molecular weight is 273 g/mol. The van der Waals surface area contributed by atoms with Crippen molar-refractivity contribution in [3.8, 4) is 0 Å². The van der Waals surface area contributed by atoms with E-state index in [0.717, 1.165) is 6.42 Å². The number of nitrogens with two attached hydrogens (primary N) is 1. The van der Waals surface area contributed by atoms with Gasteiger partial charge in [-0.05, 0) is 31.4 Å². The summed E-state index contributed by atoms with van der Waals surface area (Å²) in [5, 5.41) is 4.03. The lowest BCUT2D eigenvalue weighted by Crippen LogP contribution is -2.39. The lowest BCUT2D eigenvalue weighted by molar-refractivity contribution is 0.0962. The molecule has 0 aliphatic heterocycles. The largest absolute Gasteiger partial charge is 0.379 e. The van der Waals surface area contributed by atoms with Gasteiger partial charge in [0.05, 0.1) is 12.5 Å². The van der Waals surface area contributed by atoms with Crippen LogP contribution in [-0.4, -0.2) is 23.4 Å². The SMILES string of the molecule is CCOCC(C)(N)c1noc(C2Cc3ccccc32)n1. The predicted molar refractivity (Wildman–Crippen MR) is 74.3 cm³/mol. The fourth-order valence-corrected chi connectivity index (χ4v) is 2.47. The van der Waals surface area contributed by atoms with Crippen LogP contribution in [0.15, 0.2) is 28.8 Å². The summed E-state index contributed by atoms with van der Waals surface area (Å²) in [5.41, 5.74) is 8.08. The first-order chi connectivity index (χ1) is 9.62. The van der Waals surface area contributed by atoms with E-state index >= 15 is 0 Å². The Morgan fingerprint density at radius 3 is 3.00 bits per heavy atom. The number of aromatic nitrogens is 2. The molecule has 0 saturated heterocycles. The first kappa shape index (κ1) is 13.3. The number of fused-ring (bicyclic) bond motifs is 1. The molecule has 1 aliphatic carbocycles. The third-order valence-electron chi connectivity index (χ3n) is 3.71. The number of nitrogens with zero attached hydrogens (tertiary/aromatic N) is 2. The Hall–Kier alpha value is -1.72. The number of hydrogen-bond donors (Lipinski definition) is 1. The molecule has 20 heavy (non-hydrogen) atoms. The summed E-state index contributed by atoms with van der Waals surface area (Å²) in [5.74, 6) is 1.35. The Morgan fingerprint density at radius 2 is 2.25 bits per heavy atom. The number of rotatable bonds is 5. The molecular formula is C15H19N3O2. The molecule has 1 aromatic heterocycles. The van der Waals surface area contributed by atoms with Crippen LogP contribution in [0.4, 0.5) is 0 Å². The predicted octanol–water partition coefficient (Wildman–Crippen LogP) is 1.97. The van der Waals surface area contributed by atoms with Gasteiger partial charge in [0.1, 0.15) is 5.54 Å². The van der Waals surface area contributed by atoms with Crippen molar-refractivity contribution in [1.82, 2.24) is 10.1 Å². The molecule has 1 aromatic carbocycles. The molecule has 3 rings (SSSR count). The second-order valence-corrected chi connectivity index (χ2v) is 5.47. The zero-order valence-electron chi connectivity index (χ0n) is 11.8. The van der Waals surface area contributed by atoms with Crippen molar-refractivity contribution in [1.29, 1.82) is 0 Å². The summed E-state index contributed by atoms with van der Waals surface area (Å²) in [6.07, 6.45) is 0.949. The lowest BCUT2D eigenvalue weighted by Gasteiger charge is -2.26. The highest BCUT2D eigenvalue weighted by Gasteiger charge is 2.34.